The molecule has 5 heteroatoms. The number of carboxylic acids is 1. The topological polar surface area (TPSA) is 67.2 Å². The Balaban J connectivity index is 2.01. The molecule has 0 bridgehead atoms. The Kier molecular flexibility index (Phi) is 3.85. The van der Waals surface area contributed by atoms with Crippen LogP contribution in [0.15, 0.2) is 60.7 Å². The van der Waals surface area contributed by atoms with Crippen molar-refractivity contribution in [3.63, 3.8) is 0 Å². The molecule has 0 amide bonds. The molecule has 2 N–H and O–H groups in total. The van der Waals surface area contributed by atoms with Gasteiger partial charge >= 0.3 is 5.97 Å². The van der Waals surface area contributed by atoms with Crippen molar-refractivity contribution in [1.82, 2.24) is 9.78 Å². The molecule has 0 aliphatic heterocycles. The number of carboxylic acid groups (broad SMARTS) is 1. The molecule has 3 rings (SSSR count). The normalized spacial score (nSPS) is 10.7. The van der Waals surface area contributed by atoms with Gasteiger partial charge in [-0.05, 0) is 31.2 Å². The summed E-state index contributed by atoms with van der Waals surface area (Å²) in [6.45, 7) is 5.71. The van der Waals surface area contributed by atoms with Crippen molar-refractivity contribution in [3.05, 3.63) is 66.2 Å². The molecule has 23 heavy (non-hydrogen) atoms. The van der Waals surface area contributed by atoms with Crippen LogP contribution in [-0.2, 0) is 4.79 Å². The van der Waals surface area contributed by atoms with E-state index in [1.54, 1.807) is 0 Å². The second kappa shape index (κ2) is 5.96. The SMILES string of the molecule is C=C(CNc1nn(-c2ccc(C)cc2)c2ccccc12)C(=O)O. The number of fused-ring (bicyclic) bond motifs is 1. The van der Waals surface area contributed by atoms with E-state index < -0.39 is 5.97 Å². The van der Waals surface area contributed by atoms with E-state index in [-0.39, 0.29) is 12.1 Å². The van der Waals surface area contributed by atoms with E-state index in [0.29, 0.717) is 5.82 Å². The van der Waals surface area contributed by atoms with Crippen LogP contribution in [0.4, 0.5) is 5.82 Å². The van der Waals surface area contributed by atoms with Gasteiger partial charge in [0.1, 0.15) is 0 Å². The third-order valence-corrected chi connectivity index (χ3v) is 3.64. The van der Waals surface area contributed by atoms with Crippen LogP contribution in [0.3, 0.4) is 0 Å². The van der Waals surface area contributed by atoms with E-state index >= 15 is 0 Å². The second-order valence-corrected chi connectivity index (χ2v) is 5.38. The molecule has 0 aliphatic rings. The lowest BCUT2D eigenvalue weighted by Crippen LogP contribution is -2.11. The average Bonchev–Trinajstić information content (AvgIpc) is 2.92. The number of anilines is 1. The fourth-order valence-corrected chi connectivity index (χ4v) is 2.35. The lowest BCUT2D eigenvalue weighted by Gasteiger charge is -2.04. The largest absolute Gasteiger partial charge is 0.478 e. The summed E-state index contributed by atoms with van der Waals surface area (Å²) in [7, 11) is 0. The zero-order valence-corrected chi connectivity index (χ0v) is 12.8. The van der Waals surface area contributed by atoms with Gasteiger partial charge < -0.3 is 10.4 Å². The lowest BCUT2D eigenvalue weighted by molar-refractivity contribution is -0.132. The highest BCUT2D eigenvalue weighted by atomic mass is 16.4. The molecule has 0 radical (unpaired) electrons. The molecule has 0 spiro atoms. The Hall–Kier alpha value is -3.08. The Morgan fingerprint density at radius 3 is 2.61 bits per heavy atom. The first-order valence-corrected chi connectivity index (χ1v) is 7.26. The van der Waals surface area contributed by atoms with Crippen molar-refractivity contribution < 1.29 is 9.90 Å². The number of hydrogen-bond donors (Lipinski definition) is 2. The molecule has 3 aromatic rings. The van der Waals surface area contributed by atoms with Crippen molar-refractivity contribution in [3.8, 4) is 5.69 Å². The van der Waals surface area contributed by atoms with Crippen molar-refractivity contribution in [2.45, 2.75) is 6.92 Å². The van der Waals surface area contributed by atoms with Crippen molar-refractivity contribution in [1.29, 1.82) is 0 Å². The van der Waals surface area contributed by atoms with Gasteiger partial charge in [0.05, 0.1) is 11.2 Å². The molecular weight excluding hydrogens is 290 g/mol. The number of hydrogen-bond acceptors (Lipinski definition) is 3. The summed E-state index contributed by atoms with van der Waals surface area (Å²) in [5.41, 5.74) is 3.19. The minimum Gasteiger partial charge on any atom is -0.478 e. The van der Waals surface area contributed by atoms with Crippen LogP contribution in [0.2, 0.25) is 0 Å². The average molecular weight is 307 g/mol. The van der Waals surface area contributed by atoms with E-state index in [1.807, 2.05) is 60.1 Å². The summed E-state index contributed by atoms with van der Waals surface area (Å²) in [5, 5.41) is 17.5. The predicted molar refractivity (Wildman–Crippen MR) is 91.1 cm³/mol. The molecule has 5 nitrogen and oxygen atoms in total. The molecule has 2 aromatic carbocycles. The van der Waals surface area contributed by atoms with Crippen molar-refractivity contribution in [2.24, 2.45) is 0 Å². The molecule has 0 fully saturated rings. The van der Waals surface area contributed by atoms with Gasteiger partial charge in [-0.25, -0.2) is 9.48 Å². The Morgan fingerprint density at radius 1 is 1.22 bits per heavy atom. The van der Waals surface area contributed by atoms with Gasteiger partial charge in [0, 0.05) is 17.5 Å². The molecule has 0 saturated heterocycles. The van der Waals surface area contributed by atoms with Gasteiger partial charge in [-0.3, -0.25) is 0 Å². The van der Waals surface area contributed by atoms with Crippen LogP contribution in [-0.4, -0.2) is 27.4 Å². The number of aryl methyl sites for hydroxylation is 1. The lowest BCUT2D eigenvalue weighted by atomic mass is 10.2. The number of benzene rings is 2. The minimum atomic E-state index is -1.01. The maximum atomic E-state index is 10.9. The van der Waals surface area contributed by atoms with E-state index in [2.05, 4.69) is 17.0 Å². The number of aliphatic carboxylic acids is 1. The first-order chi connectivity index (χ1) is 11.1. The van der Waals surface area contributed by atoms with E-state index in [1.165, 1.54) is 5.56 Å². The number of aromatic nitrogens is 2. The van der Waals surface area contributed by atoms with Gasteiger partial charge in [0.15, 0.2) is 5.82 Å². The summed E-state index contributed by atoms with van der Waals surface area (Å²) in [6, 6.07) is 15.9. The molecule has 0 atom stereocenters. The first-order valence-electron chi connectivity index (χ1n) is 7.26. The van der Waals surface area contributed by atoms with Crippen LogP contribution in [0.5, 0.6) is 0 Å². The van der Waals surface area contributed by atoms with Crippen LogP contribution in [0.25, 0.3) is 16.6 Å². The second-order valence-electron chi connectivity index (χ2n) is 5.38. The maximum Gasteiger partial charge on any atom is 0.332 e. The highest BCUT2D eigenvalue weighted by Crippen LogP contribution is 2.25. The first kappa shape index (κ1) is 14.8. The fourth-order valence-electron chi connectivity index (χ4n) is 2.35. The van der Waals surface area contributed by atoms with Gasteiger partial charge in [-0.15, -0.1) is 5.10 Å². The van der Waals surface area contributed by atoms with Crippen molar-refractivity contribution in [2.75, 3.05) is 11.9 Å². The highest BCUT2D eigenvalue weighted by molar-refractivity contribution is 5.92. The zero-order valence-electron chi connectivity index (χ0n) is 12.8. The summed E-state index contributed by atoms with van der Waals surface area (Å²) in [6.07, 6.45) is 0. The number of rotatable bonds is 5. The third kappa shape index (κ3) is 2.94. The number of para-hydroxylation sites is 1. The van der Waals surface area contributed by atoms with Gasteiger partial charge in [0.2, 0.25) is 0 Å². The van der Waals surface area contributed by atoms with Gasteiger partial charge in [0.25, 0.3) is 0 Å². The monoisotopic (exact) mass is 307 g/mol. The molecule has 1 aromatic heterocycles. The maximum absolute atomic E-state index is 10.9. The Labute approximate surface area is 133 Å². The minimum absolute atomic E-state index is 0.0963. The highest BCUT2D eigenvalue weighted by Gasteiger charge is 2.12. The molecule has 0 saturated carbocycles. The molecule has 0 unspecified atom stereocenters. The van der Waals surface area contributed by atoms with Crippen LogP contribution < -0.4 is 5.32 Å². The quantitative estimate of drug-likeness (QED) is 0.709. The van der Waals surface area contributed by atoms with Crippen LogP contribution in [0.1, 0.15) is 5.56 Å². The zero-order chi connectivity index (χ0) is 16.4. The smallest absolute Gasteiger partial charge is 0.332 e. The predicted octanol–water partition coefficient (Wildman–Crippen LogP) is 3.39. The molecular formula is C18H17N3O2. The third-order valence-electron chi connectivity index (χ3n) is 3.64. The van der Waals surface area contributed by atoms with Crippen LogP contribution in [0, 0.1) is 6.92 Å². The van der Waals surface area contributed by atoms with Gasteiger partial charge in [-0.2, -0.15) is 0 Å². The Bertz CT molecular complexity index is 879. The standard InChI is InChI=1S/C18H17N3O2/c1-12-7-9-14(10-8-12)21-16-6-4-3-5-15(16)17(20-21)19-11-13(2)18(22)23/h3-10H,2,11H2,1H3,(H,19,20)(H,22,23). The van der Waals surface area contributed by atoms with Crippen molar-refractivity contribution >= 4 is 22.7 Å². The molecule has 1 heterocycles. The van der Waals surface area contributed by atoms with Gasteiger partial charge in [-0.1, -0.05) is 36.4 Å². The molecule has 116 valence electrons. The Morgan fingerprint density at radius 2 is 1.91 bits per heavy atom. The van der Waals surface area contributed by atoms with E-state index in [4.69, 9.17) is 5.11 Å². The fraction of sp³-hybridized carbons (Fsp3) is 0.111. The van der Waals surface area contributed by atoms with E-state index in [0.717, 1.165) is 16.6 Å². The van der Waals surface area contributed by atoms with Crippen LogP contribution >= 0.6 is 0 Å². The summed E-state index contributed by atoms with van der Waals surface area (Å²) in [5.74, 6) is -0.372. The number of nitrogens with zero attached hydrogens (tertiary/aromatic N) is 2. The number of carbonyl (C=O) groups is 1. The van der Waals surface area contributed by atoms with E-state index in [9.17, 15) is 4.79 Å². The summed E-state index contributed by atoms with van der Waals surface area (Å²) >= 11 is 0. The summed E-state index contributed by atoms with van der Waals surface area (Å²) < 4.78 is 1.85. The molecule has 0 aliphatic carbocycles. The summed E-state index contributed by atoms with van der Waals surface area (Å²) in [4.78, 5) is 10.9. The number of nitrogens with one attached hydrogen (secondary N) is 1.